The van der Waals surface area contributed by atoms with E-state index in [-0.39, 0.29) is 22.9 Å². The minimum absolute atomic E-state index is 0.0160. The fourth-order valence-corrected chi connectivity index (χ4v) is 2.93. The molecule has 2 rings (SSSR count). The van der Waals surface area contributed by atoms with Crippen molar-refractivity contribution in [3.8, 4) is 0 Å². The third-order valence-corrected chi connectivity index (χ3v) is 4.62. The van der Waals surface area contributed by atoms with Crippen LogP contribution in [0, 0.1) is 0 Å². The molecule has 21 heavy (non-hydrogen) atoms. The highest BCUT2D eigenvalue weighted by Gasteiger charge is 2.22. The summed E-state index contributed by atoms with van der Waals surface area (Å²) in [7, 11) is -3.68. The summed E-state index contributed by atoms with van der Waals surface area (Å²) < 4.78 is 22.4. The van der Waals surface area contributed by atoms with E-state index in [1.54, 1.807) is 12.1 Å². The second kappa shape index (κ2) is 6.55. The molecule has 1 aromatic rings. The Morgan fingerprint density at radius 1 is 1.33 bits per heavy atom. The second-order valence-electron chi connectivity index (χ2n) is 5.35. The number of nitrogens with one attached hydrogen (secondary N) is 2. The molecule has 1 aliphatic heterocycles. The Balaban J connectivity index is 1.99. The van der Waals surface area contributed by atoms with Crippen LogP contribution in [0.4, 0.5) is 0 Å². The number of hydrogen-bond acceptors (Lipinski definition) is 4. The van der Waals surface area contributed by atoms with Gasteiger partial charge in [-0.05, 0) is 44.0 Å². The van der Waals surface area contributed by atoms with Crippen LogP contribution in [0.2, 0.25) is 0 Å². The van der Waals surface area contributed by atoms with Gasteiger partial charge in [-0.25, -0.2) is 13.6 Å². The molecule has 1 aliphatic rings. The maximum absolute atomic E-state index is 12.1. The third kappa shape index (κ3) is 4.26. The van der Waals surface area contributed by atoms with Crippen LogP contribution in [0.15, 0.2) is 29.2 Å². The molecule has 1 unspecified atom stereocenters. The topological polar surface area (TPSA) is 101 Å². The summed E-state index contributed by atoms with van der Waals surface area (Å²) in [6.07, 6.45) is 3.01. The van der Waals surface area contributed by atoms with Crippen molar-refractivity contribution in [1.82, 2.24) is 10.6 Å². The van der Waals surface area contributed by atoms with Crippen LogP contribution in [0.3, 0.4) is 0 Å². The van der Waals surface area contributed by atoms with Crippen LogP contribution in [0.25, 0.3) is 0 Å². The van der Waals surface area contributed by atoms with Gasteiger partial charge in [-0.3, -0.25) is 4.79 Å². The standard InChI is InChI=1S/C14H21N3O3S/c1-10(17-14(18)13-4-2-3-9-16-13)11-5-7-12(8-6-11)21(15,19)20/h5-8,10,13,16H,2-4,9H2,1H3,(H,17,18)(H2,15,19,20)/t10?,13-/m0/s1. The summed E-state index contributed by atoms with van der Waals surface area (Å²) in [6, 6.07) is 5.91. The van der Waals surface area contributed by atoms with Gasteiger partial charge in [0, 0.05) is 0 Å². The van der Waals surface area contributed by atoms with Crippen molar-refractivity contribution in [2.75, 3.05) is 6.54 Å². The van der Waals surface area contributed by atoms with Crippen molar-refractivity contribution in [1.29, 1.82) is 0 Å². The lowest BCUT2D eigenvalue weighted by Gasteiger charge is -2.24. The minimum atomic E-state index is -3.68. The number of piperidine rings is 1. The van der Waals surface area contributed by atoms with Gasteiger partial charge in [-0.15, -0.1) is 0 Å². The van der Waals surface area contributed by atoms with E-state index in [1.807, 2.05) is 6.92 Å². The maximum Gasteiger partial charge on any atom is 0.238 e. The van der Waals surface area contributed by atoms with E-state index in [2.05, 4.69) is 10.6 Å². The number of hydrogen-bond donors (Lipinski definition) is 3. The average Bonchev–Trinajstić information content (AvgIpc) is 2.47. The summed E-state index contributed by atoms with van der Waals surface area (Å²) in [5, 5.41) is 11.2. The Bertz CT molecular complexity index is 592. The van der Waals surface area contributed by atoms with Crippen LogP contribution < -0.4 is 15.8 Å². The molecule has 1 amide bonds. The molecule has 0 radical (unpaired) electrons. The Hall–Kier alpha value is -1.44. The highest BCUT2D eigenvalue weighted by atomic mass is 32.2. The zero-order chi connectivity index (χ0) is 15.5. The van der Waals surface area contributed by atoms with E-state index in [1.165, 1.54) is 12.1 Å². The van der Waals surface area contributed by atoms with Crippen LogP contribution in [-0.4, -0.2) is 26.9 Å². The molecule has 0 saturated carbocycles. The molecule has 1 aromatic carbocycles. The zero-order valence-corrected chi connectivity index (χ0v) is 12.8. The molecule has 4 N–H and O–H groups in total. The minimum Gasteiger partial charge on any atom is -0.348 e. The van der Waals surface area contributed by atoms with Gasteiger partial charge in [0.25, 0.3) is 0 Å². The number of carbonyl (C=O) groups is 1. The summed E-state index contributed by atoms with van der Waals surface area (Å²) in [6.45, 7) is 2.74. The highest BCUT2D eigenvalue weighted by molar-refractivity contribution is 7.89. The molecule has 1 saturated heterocycles. The number of sulfonamides is 1. The molecule has 6 nitrogen and oxygen atoms in total. The molecule has 1 heterocycles. The summed E-state index contributed by atoms with van der Waals surface area (Å²) in [4.78, 5) is 12.2. The quantitative estimate of drug-likeness (QED) is 0.760. The smallest absolute Gasteiger partial charge is 0.238 e. The number of primary sulfonamides is 1. The van der Waals surface area contributed by atoms with Gasteiger partial charge in [-0.2, -0.15) is 0 Å². The number of carbonyl (C=O) groups excluding carboxylic acids is 1. The van der Waals surface area contributed by atoms with E-state index in [9.17, 15) is 13.2 Å². The van der Waals surface area contributed by atoms with Crippen LogP contribution in [-0.2, 0) is 14.8 Å². The predicted octanol–water partition coefficient (Wildman–Crippen LogP) is 0.653. The van der Waals surface area contributed by atoms with E-state index in [4.69, 9.17) is 5.14 Å². The van der Waals surface area contributed by atoms with Crippen molar-refractivity contribution in [3.63, 3.8) is 0 Å². The first-order valence-electron chi connectivity index (χ1n) is 7.04. The fraction of sp³-hybridized carbons (Fsp3) is 0.500. The molecule has 1 fully saturated rings. The van der Waals surface area contributed by atoms with Crippen LogP contribution in [0.5, 0.6) is 0 Å². The molecule has 2 atom stereocenters. The van der Waals surface area contributed by atoms with Gasteiger partial charge < -0.3 is 10.6 Å². The van der Waals surface area contributed by atoms with Gasteiger partial charge in [0.2, 0.25) is 15.9 Å². The van der Waals surface area contributed by atoms with Crippen molar-refractivity contribution in [3.05, 3.63) is 29.8 Å². The number of amides is 1. The Morgan fingerprint density at radius 2 is 2.00 bits per heavy atom. The monoisotopic (exact) mass is 311 g/mol. The van der Waals surface area contributed by atoms with Gasteiger partial charge in [0.15, 0.2) is 0 Å². The number of benzene rings is 1. The first-order valence-corrected chi connectivity index (χ1v) is 8.59. The lowest BCUT2D eigenvalue weighted by Crippen LogP contribution is -2.47. The van der Waals surface area contributed by atoms with Crippen LogP contribution in [0.1, 0.15) is 37.8 Å². The molecule has 0 bridgehead atoms. The van der Waals surface area contributed by atoms with Gasteiger partial charge in [-0.1, -0.05) is 18.6 Å². The summed E-state index contributed by atoms with van der Waals surface area (Å²) in [5.74, 6) is -0.0160. The van der Waals surface area contributed by atoms with Gasteiger partial charge in [0.05, 0.1) is 17.0 Å². The summed E-state index contributed by atoms with van der Waals surface area (Å²) in [5.41, 5.74) is 0.839. The molecule has 7 heteroatoms. The molecule has 116 valence electrons. The first kappa shape index (κ1) is 15.9. The van der Waals surface area contributed by atoms with Crippen molar-refractivity contribution >= 4 is 15.9 Å². The van der Waals surface area contributed by atoms with E-state index in [0.717, 1.165) is 31.4 Å². The third-order valence-electron chi connectivity index (χ3n) is 3.69. The molecule has 0 spiro atoms. The summed E-state index contributed by atoms with van der Waals surface area (Å²) >= 11 is 0. The lowest BCUT2D eigenvalue weighted by molar-refractivity contribution is -0.124. The van der Waals surface area contributed by atoms with Crippen molar-refractivity contribution in [2.45, 2.75) is 43.2 Å². The van der Waals surface area contributed by atoms with E-state index < -0.39 is 10.0 Å². The van der Waals surface area contributed by atoms with Gasteiger partial charge in [0.1, 0.15) is 0 Å². The first-order chi connectivity index (χ1) is 9.88. The van der Waals surface area contributed by atoms with Crippen molar-refractivity contribution < 1.29 is 13.2 Å². The number of rotatable bonds is 4. The Morgan fingerprint density at radius 3 is 2.52 bits per heavy atom. The van der Waals surface area contributed by atoms with E-state index in [0.29, 0.717) is 0 Å². The second-order valence-corrected chi connectivity index (χ2v) is 6.91. The highest BCUT2D eigenvalue weighted by Crippen LogP contribution is 2.16. The Labute approximate surface area is 125 Å². The molecule has 0 aromatic heterocycles. The van der Waals surface area contributed by atoms with E-state index >= 15 is 0 Å². The normalized spacial score (nSPS) is 20.8. The predicted molar refractivity (Wildman–Crippen MR) is 80.0 cm³/mol. The average molecular weight is 311 g/mol. The zero-order valence-electron chi connectivity index (χ0n) is 12.0. The SMILES string of the molecule is CC(NC(=O)[C@@H]1CCCCN1)c1ccc(S(N)(=O)=O)cc1. The number of nitrogens with two attached hydrogens (primary N) is 1. The molecule has 0 aliphatic carbocycles. The lowest BCUT2D eigenvalue weighted by atomic mass is 10.0. The van der Waals surface area contributed by atoms with Crippen LogP contribution >= 0.6 is 0 Å². The molecular formula is C14H21N3O3S. The van der Waals surface area contributed by atoms with Crippen molar-refractivity contribution in [2.24, 2.45) is 5.14 Å². The van der Waals surface area contributed by atoms with Gasteiger partial charge >= 0.3 is 0 Å². The maximum atomic E-state index is 12.1. The Kier molecular flexibility index (Phi) is 4.97. The fourth-order valence-electron chi connectivity index (χ4n) is 2.42. The largest absolute Gasteiger partial charge is 0.348 e. The molecular weight excluding hydrogens is 290 g/mol.